The van der Waals surface area contributed by atoms with Crippen LogP contribution in [0.1, 0.15) is 28.7 Å². The highest BCUT2D eigenvalue weighted by atomic mass is 32.1. The van der Waals surface area contributed by atoms with Crippen molar-refractivity contribution in [2.75, 3.05) is 30.4 Å². The predicted molar refractivity (Wildman–Crippen MR) is 137 cm³/mol. The van der Waals surface area contributed by atoms with Crippen molar-refractivity contribution >= 4 is 51.7 Å². The molecular formula is C24H26BFN6OS. The van der Waals surface area contributed by atoms with Gasteiger partial charge in [0.15, 0.2) is 17.8 Å². The fraction of sp³-hybridized carbons (Fsp3) is 0.333. The Morgan fingerprint density at radius 3 is 2.88 bits per heavy atom. The lowest BCUT2D eigenvalue weighted by Crippen LogP contribution is -2.24. The van der Waals surface area contributed by atoms with Crippen LogP contribution in [0.25, 0.3) is 15.9 Å². The number of carbonyl (C=O) groups is 1. The minimum absolute atomic E-state index is 0.141. The highest BCUT2D eigenvalue weighted by Gasteiger charge is 2.32. The first-order valence-corrected chi connectivity index (χ1v) is 12.1. The van der Waals surface area contributed by atoms with Crippen molar-refractivity contribution in [3.05, 3.63) is 53.0 Å². The third-order valence-electron chi connectivity index (χ3n) is 6.14. The number of hydrogen-bond donors (Lipinski definition) is 1. The van der Waals surface area contributed by atoms with E-state index >= 15 is 0 Å². The van der Waals surface area contributed by atoms with Crippen molar-refractivity contribution in [1.82, 2.24) is 14.4 Å². The Balaban J connectivity index is 0.000000180. The molecule has 4 aromatic heterocycles. The number of hydrogen-bond acceptors (Lipinski definition) is 7. The zero-order valence-corrected chi connectivity index (χ0v) is 20.3. The summed E-state index contributed by atoms with van der Waals surface area (Å²) in [5.41, 5.74) is 1.92. The summed E-state index contributed by atoms with van der Waals surface area (Å²) in [6, 6.07) is 7.34. The number of rotatable bonds is 5. The summed E-state index contributed by atoms with van der Waals surface area (Å²) in [6.07, 6.45) is 6.43. The largest absolute Gasteiger partial charge is 0.387 e. The van der Waals surface area contributed by atoms with Gasteiger partial charge in [-0.1, -0.05) is 13.2 Å². The van der Waals surface area contributed by atoms with Gasteiger partial charge >= 0.3 is 0 Å². The van der Waals surface area contributed by atoms with Gasteiger partial charge in [-0.2, -0.15) is 0 Å². The second-order valence-corrected chi connectivity index (χ2v) is 9.47. The second kappa shape index (κ2) is 10.2. The third kappa shape index (κ3) is 4.89. The summed E-state index contributed by atoms with van der Waals surface area (Å²) in [5, 5.41) is 13.1. The van der Waals surface area contributed by atoms with Crippen LogP contribution in [0.2, 0.25) is 12.1 Å². The van der Waals surface area contributed by atoms with Crippen LogP contribution < -0.4 is 10.2 Å². The fourth-order valence-corrected chi connectivity index (χ4v) is 5.17. The lowest BCUT2D eigenvalue weighted by atomic mass is 9.40. The molecule has 0 aliphatic carbocycles. The quantitative estimate of drug-likeness (QED) is 0.319. The van der Waals surface area contributed by atoms with Gasteiger partial charge in [0, 0.05) is 50.0 Å². The molecule has 1 saturated heterocycles. The molecule has 174 valence electrons. The van der Waals surface area contributed by atoms with Crippen LogP contribution >= 0.6 is 11.3 Å². The highest BCUT2D eigenvalue weighted by molar-refractivity contribution is 7.20. The Morgan fingerprint density at radius 2 is 2.18 bits per heavy atom. The molecule has 1 aliphatic heterocycles. The van der Waals surface area contributed by atoms with Gasteiger partial charge in [0.05, 0.1) is 16.3 Å². The number of aldehydes is 1. The number of nitriles is 1. The smallest absolute Gasteiger partial charge is 0.272 e. The predicted octanol–water partition coefficient (Wildman–Crippen LogP) is 5.09. The minimum atomic E-state index is -0.306. The van der Waals surface area contributed by atoms with Crippen molar-refractivity contribution in [3.8, 4) is 5.97 Å². The molecule has 5 rings (SSSR count). The maximum absolute atomic E-state index is 13.3. The number of nitrogens with one attached hydrogen (secondary N) is 1. The number of carbonyl (C=O) groups excluding carboxylic acids is 1. The van der Waals surface area contributed by atoms with Gasteiger partial charge in [-0.05, 0) is 37.4 Å². The van der Waals surface area contributed by atoms with Gasteiger partial charge < -0.3 is 14.6 Å². The van der Waals surface area contributed by atoms with Crippen LogP contribution in [-0.4, -0.2) is 47.5 Å². The zero-order valence-electron chi connectivity index (χ0n) is 19.5. The molecule has 0 saturated carbocycles. The third-order valence-corrected chi connectivity index (χ3v) is 7.11. The summed E-state index contributed by atoms with van der Waals surface area (Å²) >= 11 is 1.43. The van der Waals surface area contributed by atoms with Gasteiger partial charge in [0.1, 0.15) is 10.6 Å². The molecule has 7 nitrogen and oxygen atoms in total. The van der Waals surface area contributed by atoms with Crippen LogP contribution in [0, 0.1) is 24.0 Å². The summed E-state index contributed by atoms with van der Waals surface area (Å²) in [6.45, 7) is 5.91. The number of anilines is 2. The molecule has 0 spiro atoms. The first-order chi connectivity index (χ1) is 16.4. The summed E-state index contributed by atoms with van der Waals surface area (Å²) in [5.74, 6) is 3.51. The van der Waals surface area contributed by atoms with E-state index in [9.17, 15) is 14.4 Å². The monoisotopic (exact) mass is 476 g/mol. The molecule has 1 aliphatic rings. The molecule has 5 heterocycles. The highest BCUT2D eigenvalue weighted by Crippen LogP contribution is 2.32. The molecule has 1 fully saturated rings. The van der Waals surface area contributed by atoms with E-state index in [0.29, 0.717) is 16.3 Å². The Kier molecular flexibility index (Phi) is 7.13. The molecule has 4 aromatic rings. The molecule has 1 unspecified atom stereocenters. The summed E-state index contributed by atoms with van der Waals surface area (Å²) < 4.78 is 15.0. The van der Waals surface area contributed by atoms with Crippen molar-refractivity contribution < 1.29 is 9.18 Å². The van der Waals surface area contributed by atoms with Gasteiger partial charge in [0.2, 0.25) is 0 Å². The lowest BCUT2D eigenvalue weighted by Gasteiger charge is -2.18. The van der Waals surface area contributed by atoms with Crippen LogP contribution in [-0.2, 0) is 0 Å². The molecule has 0 bridgehead atoms. The van der Waals surface area contributed by atoms with Crippen LogP contribution in [0.15, 0.2) is 36.7 Å². The van der Waals surface area contributed by atoms with Gasteiger partial charge in [-0.3, -0.25) is 4.79 Å². The standard InChI is InChI=1S/C15H16BN3OS.C9H10FN3/c1-2-16(10-17)12-5-6-19(8-12)14-4-3-11-7-13(9-20)21-15(11)18-14;1-6-4-13-5-7(11-2)3-8(10)9(13)12-6/h3-4,7,9,12H,2,5-6,8H2,1H3;3-5,11H,1-2H3. The second-order valence-electron chi connectivity index (χ2n) is 8.41. The van der Waals surface area contributed by atoms with Crippen molar-refractivity contribution in [3.63, 3.8) is 0 Å². The lowest BCUT2D eigenvalue weighted by molar-refractivity contribution is 0.112. The average molecular weight is 476 g/mol. The van der Waals surface area contributed by atoms with Gasteiger partial charge in [-0.25, -0.2) is 19.6 Å². The maximum Gasteiger partial charge on any atom is 0.272 e. The number of pyridine rings is 2. The Morgan fingerprint density at radius 1 is 1.35 bits per heavy atom. The van der Waals surface area contributed by atoms with E-state index in [1.165, 1.54) is 17.4 Å². The molecule has 0 aromatic carbocycles. The number of fused-ring (bicyclic) bond motifs is 2. The molecule has 10 heteroatoms. The Bertz CT molecular complexity index is 1360. The molecule has 0 radical (unpaired) electrons. The van der Waals surface area contributed by atoms with Gasteiger partial charge in [-0.15, -0.1) is 11.3 Å². The maximum atomic E-state index is 13.3. The number of nitrogens with zero attached hydrogens (tertiary/aromatic N) is 5. The Hall–Kier alpha value is -3.45. The Labute approximate surface area is 202 Å². The van der Waals surface area contributed by atoms with E-state index in [2.05, 4.69) is 33.1 Å². The van der Waals surface area contributed by atoms with E-state index in [4.69, 9.17) is 0 Å². The van der Waals surface area contributed by atoms with Crippen LogP contribution in [0.5, 0.6) is 0 Å². The first-order valence-electron chi connectivity index (χ1n) is 11.3. The number of imidazole rings is 1. The molecule has 1 N–H and O–H groups in total. The number of halogens is 1. The molecule has 34 heavy (non-hydrogen) atoms. The zero-order chi connectivity index (χ0) is 24.2. The summed E-state index contributed by atoms with van der Waals surface area (Å²) in [7, 11) is 1.75. The van der Waals surface area contributed by atoms with Crippen molar-refractivity contribution in [1.29, 1.82) is 5.26 Å². The van der Waals surface area contributed by atoms with Crippen LogP contribution in [0.3, 0.4) is 0 Å². The minimum Gasteiger partial charge on any atom is -0.387 e. The molecule has 0 amide bonds. The van der Waals surface area contributed by atoms with E-state index in [-0.39, 0.29) is 12.5 Å². The number of aryl methyl sites for hydroxylation is 1. The normalized spacial score (nSPS) is 15.1. The first kappa shape index (κ1) is 23.7. The fourth-order valence-electron chi connectivity index (χ4n) is 4.33. The van der Waals surface area contributed by atoms with E-state index < -0.39 is 0 Å². The van der Waals surface area contributed by atoms with E-state index in [1.807, 2.05) is 25.1 Å². The SMILES string of the molecule is CCB(C#N)C1CCN(c2ccc3cc(C=O)sc3n2)C1.CNc1cc(F)c2nc(C)cn2c1. The summed E-state index contributed by atoms with van der Waals surface area (Å²) in [4.78, 5) is 23.4. The molecular weight excluding hydrogens is 450 g/mol. The van der Waals surface area contributed by atoms with E-state index in [0.717, 1.165) is 59.5 Å². The van der Waals surface area contributed by atoms with Gasteiger partial charge in [0.25, 0.3) is 6.71 Å². The molecule has 1 atom stereocenters. The average Bonchev–Trinajstić information content (AvgIpc) is 3.57. The van der Waals surface area contributed by atoms with E-state index in [1.54, 1.807) is 23.8 Å². The van der Waals surface area contributed by atoms with Crippen molar-refractivity contribution in [2.45, 2.75) is 32.4 Å². The number of thiophene rings is 1. The van der Waals surface area contributed by atoms with Crippen LogP contribution in [0.4, 0.5) is 15.9 Å². The van der Waals surface area contributed by atoms with Crippen molar-refractivity contribution in [2.24, 2.45) is 0 Å². The topological polar surface area (TPSA) is 86.3 Å². The number of aromatic nitrogens is 3.